The average Bonchev–Trinajstić information content (AvgIpc) is 3.29. The topological polar surface area (TPSA) is 154 Å². The van der Waals surface area contributed by atoms with E-state index >= 15 is 0 Å². The largest absolute Gasteiger partial charge is 0.490 e. The number of hydrogen-bond donors (Lipinski definition) is 4. The average molecular weight is 689 g/mol. The van der Waals surface area contributed by atoms with Gasteiger partial charge in [0.15, 0.2) is 9.84 Å². The number of rotatable bonds is 8. The normalized spacial score (nSPS) is 15.5. The number of nitrogens with zero attached hydrogens (tertiary/aromatic N) is 3. The Hall–Kier alpha value is -4.45. The number of piperidine rings is 1. The molecule has 1 saturated heterocycles. The molecule has 2 aromatic carbocycles. The molecule has 3 aromatic rings. The summed E-state index contributed by atoms with van der Waals surface area (Å²) in [5, 5.41) is 16.1. The van der Waals surface area contributed by atoms with Crippen molar-refractivity contribution in [2.45, 2.75) is 43.1 Å². The number of hydrogen-bond acceptors (Lipinski definition) is 9. The summed E-state index contributed by atoms with van der Waals surface area (Å²) in [4.78, 5) is 31.4. The van der Waals surface area contributed by atoms with Crippen LogP contribution in [0.25, 0.3) is 0 Å². The van der Waals surface area contributed by atoms with Crippen molar-refractivity contribution in [1.82, 2.24) is 15.3 Å². The minimum absolute atomic E-state index is 0.0305. The van der Waals surface area contributed by atoms with Gasteiger partial charge in [0.05, 0.1) is 11.3 Å². The number of carboxylic acids is 1. The monoisotopic (exact) mass is 688 g/mol. The number of alkyl halides is 6. The van der Waals surface area contributed by atoms with Gasteiger partial charge >= 0.3 is 18.3 Å². The van der Waals surface area contributed by atoms with Crippen molar-refractivity contribution in [1.29, 1.82) is 0 Å². The molecule has 11 nitrogen and oxygen atoms in total. The second-order valence-electron chi connectivity index (χ2n) is 10.9. The maximum Gasteiger partial charge on any atom is 0.490 e. The van der Waals surface area contributed by atoms with Crippen LogP contribution in [0.1, 0.15) is 29.5 Å². The molecule has 5 rings (SSSR count). The van der Waals surface area contributed by atoms with Gasteiger partial charge in [-0.15, -0.1) is 0 Å². The first-order valence-corrected chi connectivity index (χ1v) is 16.0. The Bertz CT molecular complexity index is 1730. The van der Waals surface area contributed by atoms with E-state index in [1.807, 2.05) is 11.0 Å². The molecule has 1 amide bonds. The zero-order valence-electron chi connectivity index (χ0n) is 24.7. The lowest BCUT2D eigenvalue weighted by atomic mass is 9.97. The fourth-order valence-electron chi connectivity index (χ4n) is 4.97. The number of aromatic nitrogens is 2. The van der Waals surface area contributed by atoms with E-state index in [9.17, 15) is 39.6 Å². The van der Waals surface area contributed by atoms with Gasteiger partial charge in [0.25, 0.3) is 0 Å². The molecular weight excluding hydrogens is 658 g/mol. The number of nitrogens with one attached hydrogen (secondary N) is 3. The Balaban J connectivity index is 0.000000644. The first kappa shape index (κ1) is 35.4. The van der Waals surface area contributed by atoms with Crippen molar-refractivity contribution in [3.63, 3.8) is 0 Å². The fourth-order valence-corrected chi connectivity index (χ4v) is 5.66. The van der Waals surface area contributed by atoms with E-state index in [0.29, 0.717) is 29.9 Å². The second-order valence-corrected chi connectivity index (χ2v) is 12.9. The molecule has 18 heteroatoms. The van der Waals surface area contributed by atoms with Crippen molar-refractivity contribution in [2.75, 3.05) is 41.4 Å². The van der Waals surface area contributed by atoms with E-state index in [1.54, 1.807) is 18.2 Å². The maximum absolute atomic E-state index is 13.7. The summed E-state index contributed by atoms with van der Waals surface area (Å²) < 4.78 is 96.5. The van der Waals surface area contributed by atoms with Gasteiger partial charge in [0, 0.05) is 36.9 Å². The van der Waals surface area contributed by atoms with Crippen LogP contribution in [0.2, 0.25) is 0 Å². The van der Waals surface area contributed by atoms with Gasteiger partial charge in [-0.3, -0.25) is 4.79 Å². The van der Waals surface area contributed by atoms with Gasteiger partial charge in [-0.05, 0) is 73.3 Å². The number of halogens is 6. The van der Waals surface area contributed by atoms with Crippen LogP contribution in [-0.4, -0.2) is 67.4 Å². The number of fused-ring (bicyclic) bond motifs is 1. The molecule has 0 saturated carbocycles. The summed E-state index contributed by atoms with van der Waals surface area (Å²) in [6, 6.07) is 11.3. The summed E-state index contributed by atoms with van der Waals surface area (Å²) in [6.07, 6.45) is -5.75. The Morgan fingerprint density at radius 2 is 1.77 bits per heavy atom. The lowest BCUT2D eigenvalue weighted by molar-refractivity contribution is -0.192. The SMILES string of the molecule is CS(=O)(=O)c1cccc(CNc2nc(Nc3ccc4c(c3)CC(=O)N4CC3CCNCC3)ncc2C(F)(F)F)c1.O=C(O)C(F)(F)F. The Kier molecular flexibility index (Phi) is 10.6. The predicted octanol–water partition coefficient (Wildman–Crippen LogP) is 4.78. The standard InChI is InChI=1S/C27H29F3N6O3S.C2HF3O2/c1-40(38,39)21-4-2-3-18(11-21)14-32-25-22(27(28,29)30)15-33-26(35-25)34-20-5-6-23-19(12-20)13-24(37)36(23)16-17-7-9-31-10-8-17;3-2(4,5)1(6)7/h2-6,11-12,15,17,31H,7-10,13-14,16H2,1H3,(H2,32,33,34,35);(H,6,7). The first-order valence-electron chi connectivity index (χ1n) is 14.1. The van der Waals surface area contributed by atoms with Gasteiger partial charge in [-0.1, -0.05) is 12.1 Å². The van der Waals surface area contributed by atoms with Crippen LogP contribution in [0.15, 0.2) is 53.6 Å². The smallest absolute Gasteiger partial charge is 0.475 e. The number of anilines is 4. The molecule has 0 aliphatic carbocycles. The van der Waals surface area contributed by atoms with Crippen LogP contribution in [-0.2, 0) is 38.6 Å². The third-order valence-corrected chi connectivity index (χ3v) is 8.40. The molecule has 0 radical (unpaired) electrons. The van der Waals surface area contributed by atoms with Crippen LogP contribution >= 0.6 is 0 Å². The van der Waals surface area contributed by atoms with E-state index < -0.39 is 39.5 Å². The van der Waals surface area contributed by atoms with Crippen molar-refractivity contribution in [3.8, 4) is 0 Å². The Labute approximate surface area is 265 Å². The fraction of sp³-hybridized carbons (Fsp3) is 0.379. The molecule has 47 heavy (non-hydrogen) atoms. The molecule has 0 spiro atoms. The van der Waals surface area contributed by atoms with Crippen molar-refractivity contribution in [2.24, 2.45) is 5.92 Å². The van der Waals surface area contributed by atoms with Crippen LogP contribution < -0.4 is 20.9 Å². The molecule has 3 heterocycles. The number of carbonyl (C=O) groups is 2. The highest BCUT2D eigenvalue weighted by Gasteiger charge is 2.38. The highest BCUT2D eigenvalue weighted by Crippen LogP contribution is 2.36. The van der Waals surface area contributed by atoms with E-state index in [2.05, 4.69) is 25.9 Å². The molecule has 0 unspecified atom stereocenters. The molecular formula is C29H30F6N6O5S. The van der Waals surface area contributed by atoms with Crippen LogP contribution in [0.4, 0.5) is 49.5 Å². The number of aliphatic carboxylic acids is 1. The van der Waals surface area contributed by atoms with E-state index in [0.717, 1.165) is 43.4 Å². The molecule has 4 N–H and O–H groups in total. The summed E-state index contributed by atoms with van der Waals surface area (Å²) >= 11 is 0. The second kappa shape index (κ2) is 14.1. The van der Waals surface area contributed by atoms with Gasteiger partial charge in [-0.25, -0.2) is 18.2 Å². The van der Waals surface area contributed by atoms with E-state index in [-0.39, 0.29) is 29.7 Å². The van der Waals surface area contributed by atoms with Gasteiger partial charge < -0.3 is 26.0 Å². The summed E-state index contributed by atoms with van der Waals surface area (Å²) in [5.41, 5.74) is 1.65. The summed E-state index contributed by atoms with van der Waals surface area (Å²) in [5.74, 6) is -2.79. The number of carbonyl (C=O) groups excluding carboxylic acids is 1. The van der Waals surface area contributed by atoms with Crippen LogP contribution in [0.3, 0.4) is 0 Å². The van der Waals surface area contributed by atoms with E-state index in [1.165, 1.54) is 18.2 Å². The van der Waals surface area contributed by atoms with Gasteiger partial charge in [-0.2, -0.15) is 31.3 Å². The number of sulfone groups is 1. The first-order chi connectivity index (χ1) is 21.9. The Morgan fingerprint density at radius 3 is 2.38 bits per heavy atom. The van der Waals surface area contributed by atoms with Crippen molar-refractivity contribution >= 4 is 44.9 Å². The third kappa shape index (κ3) is 9.54. The van der Waals surface area contributed by atoms with Crippen LogP contribution in [0.5, 0.6) is 0 Å². The lowest BCUT2D eigenvalue weighted by Crippen LogP contribution is -2.37. The Morgan fingerprint density at radius 1 is 1.09 bits per heavy atom. The highest BCUT2D eigenvalue weighted by atomic mass is 32.2. The minimum Gasteiger partial charge on any atom is -0.475 e. The molecule has 2 aliphatic heterocycles. The van der Waals surface area contributed by atoms with Gasteiger partial charge in [0.2, 0.25) is 11.9 Å². The maximum atomic E-state index is 13.7. The third-order valence-electron chi connectivity index (χ3n) is 7.29. The molecule has 0 atom stereocenters. The van der Waals surface area contributed by atoms with Crippen molar-refractivity contribution in [3.05, 3.63) is 65.4 Å². The number of benzene rings is 2. The number of carboxylic acid groups (broad SMARTS) is 1. The lowest BCUT2D eigenvalue weighted by Gasteiger charge is -2.28. The highest BCUT2D eigenvalue weighted by molar-refractivity contribution is 7.90. The summed E-state index contributed by atoms with van der Waals surface area (Å²) in [6.45, 7) is 2.47. The van der Waals surface area contributed by atoms with E-state index in [4.69, 9.17) is 9.90 Å². The van der Waals surface area contributed by atoms with Gasteiger partial charge in [0.1, 0.15) is 11.4 Å². The zero-order chi connectivity index (χ0) is 34.6. The molecule has 2 aliphatic rings. The summed E-state index contributed by atoms with van der Waals surface area (Å²) in [7, 11) is -3.47. The predicted molar refractivity (Wildman–Crippen MR) is 159 cm³/mol. The van der Waals surface area contributed by atoms with Crippen molar-refractivity contribution < 1.29 is 49.5 Å². The molecule has 1 aromatic heterocycles. The zero-order valence-corrected chi connectivity index (χ0v) is 25.6. The molecule has 1 fully saturated rings. The van der Waals surface area contributed by atoms with Crippen LogP contribution in [0, 0.1) is 5.92 Å². The number of amides is 1. The minimum atomic E-state index is -5.08. The molecule has 254 valence electrons. The molecule has 0 bridgehead atoms. The quantitative estimate of drug-likeness (QED) is 0.243.